The van der Waals surface area contributed by atoms with E-state index < -0.39 is 10.0 Å². The molecule has 1 heterocycles. The Morgan fingerprint density at radius 3 is 2.82 bits per heavy atom. The zero-order chi connectivity index (χ0) is 13.1. The van der Waals surface area contributed by atoms with Crippen LogP contribution in [0.25, 0.3) is 0 Å². The highest BCUT2D eigenvalue weighted by Gasteiger charge is 2.18. The van der Waals surface area contributed by atoms with Gasteiger partial charge in [0.05, 0.1) is 11.6 Å². The van der Waals surface area contributed by atoms with Crippen LogP contribution in [-0.2, 0) is 14.8 Å². The van der Waals surface area contributed by atoms with Crippen molar-refractivity contribution in [3.8, 4) is 0 Å². The summed E-state index contributed by atoms with van der Waals surface area (Å²) in [5.41, 5.74) is 5.40. The molecule has 6 nitrogen and oxygen atoms in total. The molecule has 0 aliphatic carbocycles. The zero-order valence-corrected chi connectivity index (χ0v) is 11.0. The fraction of sp³-hybridized carbons (Fsp3) is 0.444. The number of pyridine rings is 1. The second-order valence-electron chi connectivity index (χ2n) is 3.52. The van der Waals surface area contributed by atoms with Gasteiger partial charge in [0, 0.05) is 19.3 Å². The molecule has 1 aromatic heterocycles. The number of sulfonamides is 1. The molecule has 0 aromatic carbocycles. The standard InChI is InChI=1S/C9H14ClN3O3S/c1-6(5-16-2)13-17(14,15)7-3-8(10)9(11)12-4-7/h3-4,6,13H,5H2,1-2H3,(H2,11,12). The van der Waals surface area contributed by atoms with E-state index in [0.717, 1.165) is 6.20 Å². The minimum Gasteiger partial charge on any atom is -0.383 e. The van der Waals surface area contributed by atoms with Crippen molar-refractivity contribution >= 4 is 27.4 Å². The lowest BCUT2D eigenvalue weighted by Crippen LogP contribution is -2.35. The smallest absolute Gasteiger partial charge is 0.242 e. The van der Waals surface area contributed by atoms with E-state index in [1.807, 2.05) is 0 Å². The van der Waals surface area contributed by atoms with E-state index >= 15 is 0 Å². The summed E-state index contributed by atoms with van der Waals surface area (Å²) < 4.78 is 31.0. The van der Waals surface area contributed by atoms with E-state index in [-0.39, 0.29) is 28.4 Å². The van der Waals surface area contributed by atoms with Crippen molar-refractivity contribution in [3.63, 3.8) is 0 Å². The Kier molecular flexibility index (Phi) is 4.70. The molecule has 0 amide bonds. The Morgan fingerprint density at radius 2 is 2.29 bits per heavy atom. The van der Waals surface area contributed by atoms with Gasteiger partial charge < -0.3 is 10.5 Å². The fourth-order valence-corrected chi connectivity index (χ4v) is 2.62. The molecule has 0 saturated carbocycles. The first-order valence-corrected chi connectivity index (χ1v) is 6.65. The molecule has 0 bridgehead atoms. The summed E-state index contributed by atoms with van der Waals surface area (Å²) in [4.78, 5) is 3.67. The molecular formula is C9H14ClN3O3S. The molecule has 1 rings (SSSR count). The quantitative estimate of drug-likeness (QED) is 0.824. The fourth-order valence-electron chi connectivity index (χ4n) is 1.19. The van der Waals surface area contributed by atoms with Gasteiger partial charge in [-0.15, -0.1) is 0 Å². The van der Waals surface area contributed by atoms with Crippen LogP contribution in [0.3, 0.4) is 0 Å². The summed E-state index contributed by atoms with van der Waals surface area (Å²) in [7, 11) is -2.16. The summed E-state index contributed by atoms with van der Waals surface area (Å²) in [6.45, 7) is 1.96. The minimum atomic E-state index is -3.65. The van der Waals surface area contributed by atoms with Gasteiger partial charge in [0.2, 0.25) is 10.0 Å². The van der Waals surface area contributed by atoms with Crippen molar-refractivity contribution in [2.24, 2.45) is 0 Å². The van der Waals surface area contributed by atoms with Crippen LogP contribution in [0.5, 0.6) is 0 Å². The molecule has 0 saturated heterocycles. The van der Waals surface area contributed by atoms with Gasteiger partial charge in [0.15, 0.2) is 0 Å². The highest BCUT2D eigenvalue weighted by atomic mass is 35.5. The molecule has 1 atom stereocenters. The van der Waals surface area contributed by atoms with Crippen molar-refractivity contribution < 1.29 is 13.2 Å². The maximum atomic E-state index is 11.9. The number of hydrogen-bond acceptors (Lipinski definition) is 5. The second-order valence-corrected chi connectivity index (χ2v) is 5.64. The first-order chi connectivity index (χ1) is 7.86. The average Bonchev–Trinajstić information content (AvgIpc) is 2.21. The molecular weight excluding hydrogens is 266 g/mol. The molecule has 17 heavy (non-hydrogen) atoms. The monoisotopic (exact) mass is 279 g/mol. The maximum Gasteiger partial charge on any atom is 0.242 e. The molecule has 1 aromatic rings. The van der Waals surface area contributed by atoms with Crippen molar-refractivity contribution in [1.29, 1.82) is 0 Å². The molecule has 8 heteroatoms. The number of halogens is 1. The first kappa shape index (κ1) is 14.2. The number of nitrogens with one attached hydrogen (secondary N) is 1. The van der Waals surface area contributed by atoms with Crippen LogP contribution in [0.1, 0.15) is 6.92 Å². The highest BCUT2D eigenvalue weighted by Crippen LogP contribution is 2.19. The summed E-state index contributed by atoms with van der Waals surface area (Å²) >= 11 is 5.71. The summed E-state index contributed by atoms with van der Waals surface area (Å²) in [5, 5.41) is 0.104. The molecule has 0 aliphatic rings. The number of methoxy groups -OCH3 is 1. The maximum absolute atomic E-state index is 11.9. The van der Waals surface area contributed by atoms with Crippen LogP contribution in [0.2, 0.25) is 5.02 Å². The lowest BCUT2D eigenvalue weighted by Gasteiger charge is -2.13. The second kappa shape index (κ2) is 5.63. The highest BCUT2D eigenvalue weighted by molar-refractivity contribution is 7.89. The van der Waals surface area contributed by atoms with Crippen molar-refractivity contribution in [2.75, 3.05) is 19.5 Å². The summed E-state index contributed by atoms with van der Waals surface area (Å²) in [6, 6.07) is 0.910. The Balaban J connectivity index is 2.93. The molecule has 0 radical (unpaired) electrons. The third-order valence-electron chi connectivity index (χ3n) is 1.93. The summed E-state index contributed by atoms with van der Waals surface area (Å²) in [6.07, 6.45) is 1.16. The van der Waals surface area contributed by atoms with Gasteiger partial charge in [-0.05, 0) is 13.0 Å². The van der Waals surface area contributed by atoms with Gasteiger partial charge in [-0.3, -0.25) is 0 Å². The lowest BCUT2D eigenvalue weighted by atomic mass is 10.4. The predicted octanol–water partition coefficient (Wildman–Crippen LogP) is 0.630. The van der Waals surface area contributed by atoms with Gasteiger partial charge >= 0.3 is 0 Å². The van der Waals surface area contributed by atoms with Crippen LogP contribution < -0.4 is 10.5 Å². The first-order valence-electron chi connectivity index (χ1n) is 4.79. The predicted molar refractivity (Wildman–Crippen MR) is 65.3 cm³/mol. The number of rotatable bonds is 5. The van der Waals surface area contributed by atoms with E-state index in [2.05, 4.69) is 9.71 Å². The van der Waals surface area contributed by atoms with Crippen LogP contribution in [0.4, 0.5) is 5.82 Å². The Bertz CT molecular complexity index is 492. The number of aromatic nitrogens is 1. The minimum absolute atomic E-state index is 0.0281. The number of nitrogen functional groups attached to an aromatic ring is 1. The van der Waals surface area contributed by atoms with Crippen LogP contribution in [0, 0.1) is 0 Å². The number of nitrogens with two attached hydrogens (primary N) is 1. The Labute approximate surface area is 105 Å². The largest absolute Gasteiger partial charge is 0.383 e. The third-order valence-corrected chi connectivity index (χ3v) is 3.79. The SMILES string of the molecule is COCC(C)NS(=O)(=O)c1cnc(N)c(Cl)c1. The van der Waals surface area contributed by atoms with Gasteiger partial charge in [-0.1, -0.05) is 11.6 Å². The normalized spacial score (nSPS) is 13.6. The van der Waals surface area contributed by atoms with Gasteiger partial charge in [-0.2, -0.15) is 0 Å². The van der Waals surface area contributed by atoms with Crippen molar-refractivity contribution in [1.82, 2.24) is 9.71 Å². The Hall–Kier alpha value is -0.890. The van der Waals surface area contributed by atoms with Gasteiger partial charge in [0.25, 0.3) is 0 Å². The zero-order valence-electron chi connectivity index (χ0n) is 9.47. The van der Waals surface area contributed by atoms with Crippen molar-refractivity contribution in [2.45, 2.75) is 17.9 Å². The molecule has 0 spiro atoms. The van der Waals surface area contributed by atoms with E-state index in [9.17, 15) is 8.42 Å². The molecule has 0 fully saturated rings. The van der Waals surface area contributed by atoms with Crippen LogP contribution in [0.15, 0.2) is 17.2 Å². The van der Waals surface area contributed by atoms with E-state index in [1.165, 1.54) is 13.2 Å². The van der Waals surface area contributed by atoms with Gasteiger partial charge in [-0.25, -0.2) is 18.1 Å². The third kappa shape index (κ3) is 3.81. The van der Waals surface area contributed by atoms with Gasteiger partial charge in [0.1, 0.15) is 10.7 Å². The van der Waals surface area contributed by atoms with Crippen molar-refractivity contribution in [3.05, 3.63) is 17.3 Å². The number of hydrogen-bond donors (Lipinski definition) is 2. The number of nitrogens with zero attached hydrogens (tertiary/aromatic N) is 1. The molecule has 96 valence electrons. The van der Waals surface area contributed by atoms with Crippen LogP contribution in [-0.4, -0.2) is 33.2 Å². The van der Waals surface area contributed by atoms with E-state index in [4.69, 9.17) is 22.1 Å². The number of anilines is 1. The van der Waals surface area contributed by atoms with E-state index in [1.54, 1.807) is 6.92 Å². The molecule has 1 unspecified atom stereocenters. The topological polar surface area (TPSA) is 94.3 Å². The Morgan fingerprint density at radius 1 is 1.65 bits per heavy atom. The lowest BCUT2D eigenvalue weighted by molar-refractivity contribution is 0.180. The summed E-state index contributed by atoms with van der Waals surface area (Å²) in [5.74, 6) is 0.0931. The van der Waals surface area contributed by atoms with E-state index in [0.29, 0.717) is 0 Å². The van der Waals surface area contributed by atoms with Crippen LogP contribution >= 0.6 is 11.6 Å². The number of ether oxygens (including phenoxy) is 1. The molecule has 0 aliphatic heterocycles. The average molecular weight is 280 g/mol. The molecule has 3 N–H and O–H groups in total.